The fourth-order valence-corrected chi connectivity index (χ4v) is 3.16. The average molecular weight is 313 g/mol. The van der Waals surface area contributed by atoms with Gasteiger partial charge in [-0.2, -0.15) is 0 Å². The Kier molecular flexibility index (Phi) is 4.83. The molecule has 1 aliphatic heterocycles. The third kappa shape index (κ3) is 3.83. The van der Waals surface area contributed by atoms with Crippen molar-refractivity contribution in [2.24, 2.45) is 0 Å². The highest BCUT2D eigenvalue weighted by molar-refractivity contribution is 5.48. The summed E-state index contributed by atoms with van der Waals surface area (Å²) in [4.78, 5) is 15.8. The van der Waals surface area contributed by atoms with E-state index in [1.165, 1.54) is 0 Å². The first-order valence-corrected chi connectivity index (χ1v) is 8.07. The summed E-state index contributed by atoms with van der Waals surface area (Å²) in [7, 11) is 0. The molecular formula is C17H23N5O. The van der Waals surface area contributed by atoms with Crippen LogP contribution in [-0.2, 0) is 0 Å². The number of hydrogen-bond donors (Lipinski definition) is 2. The van der Waals surface area contributed by atoms with Crippen LogP contribution in [0.25, 0.3) is 0 Å². The smallest absolute Gasteiger partial charge is 0.228 e. The maximum Gasteiger partial charge on any atom is 0.228 e. The lowest BCUT2D eigenvalue weighted by atomic mass is 10.1. The highest BCUT2D eigenvalue weighted by Crippen LogP contribution is 2.31. The molecule has 0 bridgehead atoms. The van der Waals surface area contributed by atoms with E-state index < -0.39 is 0 Å². The summed E-state index contributed by atoms with van der Waals surface area (Å²) in [6.45, 7) is 5.81. The zero-order chi connectivity index (χ0) is 16.2. The summed E-state index contributed by atoms with van der Waals surface area (Å²) in [5, 5.41) is 12.4. The average Bonchev–Trinajstić information content (AvgIpc) is 2.95. The van der Waals surface area contributed by atoms with Crippen molar-refractivity contribution in [2.45, 2.75) is 32.7 Å². The van der Waals surface area contributed by atoms with E-state index in [0.29, 0.717) is 12.5 Å². The van der Waals surface area contributed by atoms with Gasteiger partial charge in [-0.1, -0.05) is 6.07 Å². The summed E-state index contributed by atoms with van der Waals surface area (Å²) in [5.41, 5.74) is 2.90. The monoisotopic (exact) mass is 313 g/mol. The second kappa shape index (κ2) is 7.02. The van der Waals surface area contributed by atoms with Crippen molar-refractivity contribution in [1.82, 2.24) is 19.9 Å². The molecule has 3 heterocycles. The molecule has 0 aliphatic carbocycles. The van der Waals surface area contributed by atoms with Crippen LogP contribution in [-0.4, -0.2) is 44.7 Å². The van der Waals surface area contributed by atoms with Gasteiger partial charge >= 0.3 is 0 Å². The zero-order valence-electron chi connectivity index (χ0n) is 13.7. The Morgan fingerprint density at radius 3 is 2.74 bits per heavy atom. The number of likely N-dealkylation sites (tertiary alicyclic amines) is 1. The van der Waals surface area contributed by atoms with Gasteiger partial charge in [-0.15, -0.1) is 0 Å². The molecule has 2 aromatic heterocycles. The molecule has 0 saturated carbocycles. The van der Waals surface area contributed by atoms with Crippen LogP contribution in [0.3, 0.4) is 0 Å². The van der Waals surface area contributed by atoms with Crippen molar-refractivity contribution in [3.63, 3.8) is 0 Å². The SMILES string of the molecule is Cc1cc(C)nc(Nc2cccc([C@@H]3CCCN3CCO)n2)n1. The van der Waals surface area contributed by atoms with Crippen molar-refractivity contribution in [1.29, 1.82) is 0 Å². The van der Waals surface area contributed by atoms with Gasteiger partial charge in [-0.3, -0.25) is 4.90 Å². The summed E-state index contributed by atoms with van der Waals surface area (Å²) >= 11 is 0. The van der Waals surface area contributed by atoms with Crippen LogP contribution in [0.4, 0.5) is 11.8 Å². The van der Waals surface area contributed by atoms with Crippen molar-refractivity contribution < 1.29 is 5.11 Å². The molecule has 1 fully saturated rings. The van der Waals surface area contributed by atoms with E-state index in [-0.39, 0.29) is 12.6 Å². The molecule has 6 nitrogen and oxygen atoms in total. The van der Waals surface area contributed by atoms with Crippen molar-refractivity contribution >= 4 is 11.8 Å². The Balaban J connectivity index is 1.79. The van der Waals surface area contributed by atoms with E-state index in [1.54, 1.807) is 0 Å². The maximum absolute atomic E-state index is 9.20. The number of hydrogen-bond acceptors (Lipinski definition) is 6. The molecule has 3 rings (SSSR count). The molecule has 0 radical (unpaired) electrons. The molecular weight excluding hydrogens is 290 g/mol. The fourth-order valence-electron chi connectivity index (χ4n) is 3.16. The number of aryl methyl sites for hydroxylation is 2. The molecule has 0 unspecified atom stereocenters. The fraction of sp³-hybridized carbons (Fsp3) is 0.471. The third-order valence-corrected chi connectivity index (χ3v) is 4.09. The van der Waals surface area contributed by atoms with Crippen molar-refractivity contribution in [2.75, 3.05) is 25.0 Å². The first-order valence-electron chi connectivity index (χ1n) is 8.07. The Labute approximate surface area is 136 Å². The van der Waals surface area contributed by atoms with Gasteiger partial charge in [0.25, 0.3) is 0 Å². The lowest BCUT2D eigenvalue weighted by Gasteiger charge is -2.23. The molecule has 122 valence electrons. The van der Waals surface area contributed by atoms with Gasteiger partial charge < -0.3 is 10.4 Å². The van der Waals surface area contributed by atoms with Crippen molar-refractivity contribution in [3.8, 4) is 0 Å². The van der Waals surface area contributed by atoms with E-state index in [9.17, 15) is 5.11 Å². The number of pyridine rings is 1. The number of aliphatic hydroxyl groups excluding tert-OH is 1. The van der Waals surface area contributed by atoms with Crippen LogP contribution in [0.1, 0.15) is 36.0 Å². The van der Waals surface area contributed by atoms with E-state index in [2.05, 4.69) is 20.2 Å². The number of rotatable bonds is 5. The molecule has 2 aromatic rings. The zero-order valence-corrected chi connectivity index (χ0v) is 13.7. The molecule has 0 spiro atoms. The van der Waals surface area contributed by atoms with Gasteiger partial charge in [0, 0.05) is 17.9 Å². The molecule has 1 atom stereocenters. The number of nitrogens with one attached hydrogen (secondary N) is 1. The molecule has 0 aromatic carbocycles. The van der Waals surface area contributed by atoms with Crippen LogP contribution >= 0.6 is 0 Å². The second-order valence-corrected chi connectivity index (χ2v) is 5.96. The van der Waals surface area contributed by atoms with Crippen LogP contribution in [0.2, 0.25) is 0 Å². The largest absolute Gasteiger partial charge is 0.395 e. The van der Waals surface area contributed by atoms with Crippen LogP contribution in [0.5, 0.6) is 0 Å². The second-order valence-electron chi connectivity index (χ2n) is 5.96. The van der Waals surface area contributed by atoms with Gasteiger partial charge in [0.1, 0.15) is 5.82 Å². The molecule has 6 heteroatoms. The standard InChI is InChI=1S/C17H23N5O/c1-12-11-13(2)19-17(18-12)21-16-7-3-5-14(20-16)15-6-4-8-22(15)9-10-23/h3,5,7,11,15,23H,4,6,8-10H2,1-2H3,(H,18,19,20,21)/t15-/m0/s1. The van der Waals surface area contributed by atoms with Gasteiger partial charge in [-0.05, 0) is 51.4 Å². The van der Waals surface area contributed by atoms with Crippen LogP contribution in [0, 0.1) is 13.8 Å². The summed E-state index contributed by atoms with van der Waals surface area (Å²) in [6.07, 6.45) is 2.22. The Morgan fingerprint density at radius 1 is 1.22 bits per heavy atom. The molecule has 0 amide bonds. The van der Waals surface area contributed by atoms with Crippen molar-refractivity contribution in [3.05, 3.63) is 41.3 Å². The van der Waals surface area contributed by atoms with Gasteiger partial charge in [0.15, 0.2) is 0 Å². The van der Waals surface area contributed by atoms with Gasteiger partial charge in [0.05, 0.1) is 18.3 Å². The number of aliphatic hydroxyl groups is 1. The third-order valence-electron chi connectivity index (χ3n) is 4.09. The summed E-state index contributed by atoms with van der Waals surface area (Å²) in [5.74, 6) is 1.33. The normalized spacial score (nSPS) is 18.3. The van der Waals surface area contributed by atoms with E-state index in [4.69, 9.17) is 4.98 Å². The first kappa shape index (κ1) is 15.8. The number of β-amino-alcohol motifs (C(OH)–C–C–N with tert-alkyl or cyclic N) is 1. The van der Waals surface area contributed by atoms with E-state index >= 15 is 0 Å². The maximum atomic E-state index is 9.20. The Bertz CT molecular complexity index is 656. The number of anilines is 2. The van der Waals surface area contributed by atoms with Crippen LogP contribution in [0.15, 0.2) is 24.3 Å². The Morgan fingerprint density at radius 2 is 2.00 bits per heavy atom. The highest BCUT2D eigenvalue weighted by atomic mass is 16.3. The predicted molar refractivity (Wildman–Crippen MR) is 89.7 cm³/mol. The predicted octanol–water partition coefficient (Wildman–Crippen LogP) is 2.36. The molecule has 2 N–H and O–H groups in total. The summed E-state index contributed by atoms with van der Waals surface area (Å²) < 4.78 is 0. The topological polar surface area (TPSA) is 74.2 Å². The highest BCUT2D eigenvalue weighted by Gasteiger charge is 2.26. The first-order chi connectivity index (χ1) is 11.2. The van der Waals surface area contributed by atoms with E-state index in [0.717, 1.165) is 42.3 Å². The number of aromatic nitrogens is 3. The van der Waals surface area contributed by atoms with Crippen LogP contribution < -0.4 is 5.32 Å². The molecule has 23 heavy (non-hydrogen) atoms. The lowest BCUT2D eigenvalue weighted by Crippen LogP contribution is -2.27. The molecule has 1 saturated heterocycles. The van der Waals surface area contributed by atoms with Gasteiger partial charge in [0.2, 0.25) is 5.95 Å². The minimum absolute atomic E-state index is 0.185. The quantitative estimate of drug-likeness (QED) is 0.883. The minimum Gasteiger partial charge on any atom is -0.395 e. The Hall–Kier alpha value is -2.05. The summed E-state index contributed by atoms with van der Waals surface area (Å²) in [6, 6.07) is 8.20. The molecule has 1 aliphatic rings. The van der Waals surface area contributed by atoms with E-state index in [1.807, 2.05) is 38.1 Å². The minimum atomic E-state index is 0.185. The lowest BCUT2D eigenvalue weighted by molar-refractivity contribution is 0.184. The number of nitrogens with zero attached hydrogens (tertiary/aromatic N) is 4. The van der Waals surface area contributed by atoms with Gasteiger partial charge in [-0.25, -0.2) is 15.0 Å².